The van der Waals surface area contributed by atoms with Gasteiger partial charge in [-0.25, -0.2) is 0 Å². The van der Waals surface area contributed by atoms with E-state index in [0.717, 1.165) is 58.2 Å². The molecule has 1 aliphatic heterocycles. The normalized spacial score (nSPS) is 20.6. The molecule has 2 rings (SSSR count). The number of hydrogen-bond acceptors (Lipinski definition) is 2. The SMILES string of the molecule is CCNC(=NCCCCOCC)N1CCC(c2ccccc2)C(C)C1.I. The molecule has 2 atom stereocenters. The number of benzene rings is 1. The minimum absolute atomic E-state index is 0. The third-order valence-corrected chi connectivity index (χ3v) is 4.93. The molecule has 1 aromatic rings. The fourth-order valence-electron chi connectivity index (χ4n) is 3.60. The van der Waals surface area contributed by atoms with E-state index in [0.29, 0.717) is 11.8 Å². The molecule has 0 aliphatic carbocycles. The van der Waals surface area contributed by atoms with E-state index in [4.69, 9.17) is 9.73 Å². The molecule has 1 aromatic carbocycles. The molecule has 0 bridgehead atoms. The lowest BCUT2D eigenvalue weighted by Gasteiger charge is -2.39. The van der Waals surface area contributed by atoms with Crippen molar-refractivity contribution in [3.8, 4) is 0 Å². The van der Waals surface area contributed by atoms with Crippen LogP contribution in [0, 0.1) is 5.92 Å². The average Bonchev–Trinajstić information content (AvgIpc) is 2.64. The number of nitrogens with one attached hydrogen (secondary N) is 1. The van der Waals surface area contributed by atoms with Gasteiger partial charge in [0, 0.05) is 39.4 Å². The lowest BCUT2D eigenvalue weighted by atomic mass is 9.82. The fourth-order valence-corrected chi connectivity index (χ4v) is 3.60. The highest BCUT2D eigenvalue weighted by molar-refractivity contribution is 14.0. The van der Waals surface area contributed by atoms with E-state index < -0.39 is 0 Å². The van der Waals surface area contributed by atoms with Crippen molar-refractivity contribution >= 4 is 29.9 Å². The van der Waals surface area contributed by atoms with E-state index in [1.807, 2.05) is 6.92 Å². The van der Waals surface area contributed by atoms with E-state index in [-0.39, 0.29) is 24.0 Å². The molecule has 0 aromatic heterocycles. The number of unbranched alkanes of at least 4 members (excludes halogenated alkanes) is 1. The van der Waals surface area contributed by atoms with Gasteiger partial charge in [-0.15, -0.1) is 24.0 Å². The summed E-state index contributed by atoms with van der Waals surface area (Å²) in [6.45, 7) is 12.2. The van der Waals surface area contributed by atoms with Gasteiger partial charge >= 0.3 is 0 Å². The molecule has 5 heteroatoms. The molecule has 148 valence electrons. The van der Waals surface area contributed by atoms with Crippen molar-refractivity contribution in [1.29, 1.82) is 0 Å². The van der Waals surface area contributed by atoms with Gasteiger partial charge < -0.3 is 15.0 Å². The molecule has 1 N–H and O–H groups in total. The second kappa shape index (κ2) is 13.4. The van der Waals surface area contributed by atoms with Crippen molar-refractivity contribution in [3.63, 3.8) is 0 Å². The van der Waals surface area contributed by atoms with E-state index in [2.05, 4.69) is 54.4 Å². The van der Waals surface area contributed by atoms with Crippen LogP contribution in [0.4, 0.5) is 0 Å². The predicted molar refractivity (Wildman–Crippen MR) is 122 cm³/mol. The van der Waals surface area contributed by atoms with Crippen molar-refractivity contribution in [3.05, 3.63) is 35.9 Å². The second-order valence-electron chi connectivity index (χ2n) is 6.87. The van der Waals surface area contributed by atoms with Crippen molar-refractivity contribution < 1.29 is 4.74 Å². The van der Waals surface area contributed by atoms with Gasteiger partial charge in [0.1, 0.15) is 0 Å². The zero-order valence-electron chi connectivity index (χ0n) is 16.6. The summed E-state index contributed by atoms with van der Waals surface area (Å²) in [5, 5.41) is 3.47. The van der Waals surface area contributed by atoms with Crippen LogP contribution in [-0.4, -0.2) is 50.3 Å². The molecule has 0 saturated carbocycles. The Bertz CT molecular complexity index is 509. The number of nitrogens with zero attached hydrogens (tertiary/aromatic N) is 2. The number of halogens is 1. The number of likely N-dealkylation sites (tertiary alicyclic amines) is 1. The first-order chi connectivity index (χ1) is 12.3. The number of piperidine rings is 1. The molecule has 0 amide bonds. The maximum atomic E-state index is 5.40. The molecule has 1 heterocycles. The minimum Gasteiger partial charge on any atom is -0.382 e. The molecular formula is C21H36IN3O. The summed E-state index contributed by atoms with van der Waals surface area (Å²) in [5.41, 5.74) is 1.48. The first-order valence-corrected chi connectivity index (χ1v) is 9.92. The third-order valence-electron chi connectivity index (χ3n) is 4.93. The van der Waals surface area contributed by atoms with Crippen LogP contribution in [0.2, 0.25) is 0 Å². The van der Waals surface area contributed by atoms with Gasteiger partial charge in [-0.1, -0.05) is 37.3 Å². The molecule has 4 nitrogen and oxygen atoms in total. The Labute approximate surface area is 176 Å². The van der Waals surface area contributed by atoms with Gasteiger partial charge in [0.25, 0.3) is 0 Å². The summed E-state index contributed by atoms with van der Waals surface area (Å²) in [6.07, 6.45) is 3.37. The first kappa shape index (κ1) is 23.2. The maximum Gasteiger partial charge on any atom is 0.193 e. The van der Waals surface area contributed by atoms with E-state index in [1.54, 1.807) is 0 Å². The molecule has 0 spiro atoms. The van der Waals surface area contributed by atoms with Crippen LogP contribution >= 0.6 is 24.0 Å². The topological polar surface area (TPSA) is 36.9 Å². The molecule has 1 fully saturated rings. The number of rotatable bonds is 8. The van der Waals surface area contributed by atoms with E-state index in [1.165, 1.54) is 12.0 Å². The Morgan fingerprint density at radius 2 is 2.00 bits per heavy atom. The highest BCUT2D eigenvalue weighted by Gasteiger charge is 2.28. The Morgan fingerprint density at radius 3 is 2.65 bits per heavy atom. The summed E-state index contributed by atoms with van der Waals surface area (Å²) in [4.78, 5) is 7.28. The molecule has 26 heavy (non-hydrogen) atoms. The summed E-state index contributed by atoms with van der Waals surface area (Å²) in [7, 11) is 0. The zero-order chi connectivity index (χ0) is 17.9. The summed E-state index contributed by atoms with van der Waals surface area (Å²) < 4.78 is 5.40. The van der Waals surface area contributed by atoms with E-state index >= 15 is 0 Å². The fraction of sp³-hybridized carbons (Fsp3) is 0.667. The lowest BCUT2D eigenvalue weighted by Crippen LogP contribution is -2.48. The molecule has 1 aliphatic rings. The molecule has 1 saturated heterocycles. The number of ether oxygens (including phenoxy) is 1. The van der Waals surface area contributed by atoms with Crippen molar-refractivity contribution in [2.24, 2.45) is 10.9 Å². The smallest absolute Gasteiger partial charge is 0.193 e. The Kier molecular flexibility index (Phi) is 11.9. The lowest BCUT2D eigenvalue weighted by molar-refractivity contribution is 0.144. The van der Waals surface area contributed by atoms with E-state index in [9.17, 15) is 0 Å². The van der Waals surface area contributed by atoms with Crippen LogP contribution in [0.25, 0.3) is 0 Å². The van der Waals surface area contributed by atoms with Gasteiger partial charge in [0.15, 0.2) is 5.96 Å². The largest absolute Gasteiger partial charge is 0.382 e. The molecule has 2 unspecified atom stereocenters. The minimum atomic E-state index is 0. The Morgan fingerprint density at radius 1 is 1.23 bits per heavy atom. The summed E-state index contributed by atoms with van der Waals surface area (Å²) >= 11 is 0. The summed E-state index contributed by atoms with van der Waals surface area (Å²) in [5.74, 6) is 2.38. The first-order valence-electron chi connectivity index (χ1n) is 9.92. The van der Waals surface area contributed by atoms with Crippen LogP contribution < -0.4 is 5.32 Å². The monoisotopic (exact) mass is 473 g/mol. The molecular weight excluding hydrogens is 437 g/mol. The highest BCUT2D eigenvalue weighted by Crippen LogP contribution is 2.32. The maximum absolute atomic E-state index is 5.40. The summed E-state index contributed by atoms with van der Waals surface area (Å²) in [6, 6.07) is 11.0. The highest BCUT2D eigenvalue weighted by atomic mass is 127. The van der Waals surface area contributed by atoms with Gasteiger partial charge in [-0.05, 0) is 50.5 Å². The van der Waals surface area contributed by atoms with Gasteiger partial charge in [0.05, 0.1) is 0 Å². The quantitative estimate of drug-likeness (QED) is 0.261. The van der Waals surface area contributed by atoms with Crippen molar-refractivity contribution in [2.75, 3.05) is 39.4 Å². The number of aliphatic imine (C=N–C) groups is 1. The van der Waals surface area contributed by atoms with Gasteiger partial charge in [0.2, 0.25) is 0 Å². The zero-order valence-corrected chi connectivity index (χ0v) is 18.9. The van der Waals surface area contributed by atoms with Gasteiger partial charge in [-0.3, -0.25) is 4.99 Å². The van der Waals surface area contributed by atoms with Crippen LogP contribution in [-0.2, 0) is 4.74 Å². The number of hydrogen-bond donors (Lipinski definition) is 1. The Hall–Kier alpha value is -0.820. The average molecular weight is 473 g/mol. The van der Waals surface area contributed by atoms with Crippen LogP contribution in [0.15, 0.2) is 35.3 Å². The van der Waals surface area contributed by atoms with Gasteiger partial charge in [-0.2, -0.15) is 0 Å². The predicted octanol–water partition coefficient (Wildman–Crippen LogP) is 4.51. The molecule has 0 radical (unpaired) electrons. The van der Waals surface area contributed by atoms with Crippen LogP contribution in [0.5, 0.6) is 0 Å². The third kappa shape index (κ3) is 7.43. The standard InChI is InChI=1S/C21H35N3O.HI/c1-4-22-21(23-14-9-10-16-25-5-2)24-15-13-20(18(3)17-24)19-11-7-6-8-12-19;/h6-8,11-12,18,20H,4-5,9-10,13-17H2,1-3H3,(H,22,23);1H. The van der Waals surface area contributed by atoms with Crippen molar-refractivity contribution in [2.45, 2.75) is 46.0 Å². The van der Waals surface area contributed by atoms with Crippen LogP contribution in [0.3, 0.4) is 0 Å². The van der Waals surface area contributed by atoms with Crippen molar-refractivity contribution in [1.82, 2.24) is 10.2 Å². The second-order valence-corrected chi connectivity index (χ2v) is 6.87. The Balaban J connectivity index is 0.00000338. The number of guanidine groups is 1. The van der Waals surface area contributed by atoms with Crippen LogP contribution in [0.1, 0.15) is 51.5 Å².